The summed E-state index contributed by atoms with van der Waals surface area (Å²) in [5, 5.41) is 10.9. The number of nitrogens with one attached hydrogen (secondary N) is 1. The summed E-state index contributed by atoms with van der Waals surface area (Å²) in [6, 6.07) is -1.70. The topological polar surface area (TPSA) is 92.4 Å². The van der Waals surface area contributed by atoms with Crippen molar-refractivity contribution in [2.24, 2.45) is 5.73 Å². The van der Waals surface area contributed by atoms with Crippen LogP contribution < -0.4 is 11.1 Å². The first-order valence-electron chi connectivity index (χ1n) is 4.03. The van der Waals surface area contributed by atoms with Gasteiger partial charge in [-0.2, -0.15) is 25.3 Å². The molecule has 0 rings (SSSR count). The van der Waals surface area contributed by atoms with Gasteiger partial charge in [-0.05, 0) is 12.2 Å². The van der Waals surface area contributed by atoms with E-state index in [1.807, 2.05) is 0 Å². The number of carbonyl (C=O) groups excluding carboxylic acids is 1. The first kappa shape index (κ1) is 13.6. The minimum Gasteiger partial charge on any atom is -0.480 e. The molecule has 0 heterocycles. The van der Waals surface area contributed by atoms with Crippen molar-refractivity contribution in [3.63, 3.8) is 0 Å². The largest absolute Gasteiger partial charge is 0.480 e. The smallest absolute Gasteiger partial charge is 0.327 e. The molecule has 2 atom stereocenters. The van der Waals surface area contributed by atoms with Crippen LogP contribution in [0.1, 0.15) is 6.42 Å². The van der Waals surface area contributed by atoms with Crippen molar-refractivity contribution < 1.29 is 14.7 Å². The number of carbonyl (C=O) groups is 2. The number of rotatable bonds is 6. The predicted molar refractivity (Wildman–Crippen MR) is 59.9 cm³/mol. The van der Waals surface area contributed by atoms with E-state index in [0.29, 0.717) is 12.2 Å². The lowest BCUT2D eigenvalue weighted by Crippen LogP contribution is -2.49. The van der Waals surface area contributed by atoms with Crippen molar-refractivity contribution in [2.45, 2.75) is 18.5 Å². The van der Waals surface area contributed by atoms with Gasteiger partial charge in [0.05, 0.1) is 6.04 Å². The maximum Gasteiger partial charge on any atom is 0.327 e. The zero-order valence-corrected chi connectivity index (χ0v) is 9.30. The lowest BCUT2D eigenvalue weighted by Gasteiger charge is -2.15. The number of carboxylic acid groups (broad SMARTS) is 1. The molecule has 82 valence electrons. The van der Waals surface area contributed by atoms with Crippen molar-refractivity contribution in [3.05, 3.63) is 0 Å². The second-order valence-electron chi connectivity index (χ2n) is 2.70. The highest BCUT2D eigenvalue weighted by Gasteiger charge is 2.21. The van der Waals surface area contributed by atoms with Crippen molar-refractivity contribution in [1.82, 2.24) is 5.32 Å². The van der Waals surface area contributed by atoms with Gasteiger partial charge in [-0.3, -0.25) is 4.79 Å². The molecule has 0 saturated carbocycles. The number of aliphatic carboxylic acids is 1. The predicted octanol–water partition coefficient (Wildman–Crippen LogP) is -0.867. The Morgan fingerprint density at radius 3 is 2.36 bits per heavy atom. The highest BCUT2D eigenvalue weighted by molar-refractivity contribution is 7.80. The molecule has 0 unspecified atom stereocenters. The summed E-state index contributed by atoms with van der Waals surface area (Å²) in [4.78, 5) is 21.8. The number of amides is 1. The molecule has 0 aromatic carbocycles. The Kier molecular flexibility index (Phi) is 6.77. The molecule has 0 aliphatic carbocycles. The van der Waals surface area contributed by atoms with Crippen LogP contribution in [0.15, 0.2) is 0 Å². The Morgan fingerprint density at radius 1 is 1.43 bits per heavy atom. The maximum atomic E-state index is 11.2. The normalized spacial score (nSPS) is 14.5. The molecule has 5 nitrogen and oxygen atoms in total. The van der Waals surface area contributed by atoms with Crippen molar-refractivity contribution in [1.29, 1.82) is 0 Å². The lowest BCUT2D eigenvalue weighted by molar-refractivity contribution is -0.141. The van der Waals surface area contributed by atoms with Gasteiger partial charge < -0.3 is 16.2 Å². The Balaban J connectivity index is 4.08. The highest BCUT2D eigenvalue weighted by Crippen LogP contribution is 1.94. The fourth-order valence-corrected chi connectivity index (χ4v) is 1.26. The SMILES string of the molecule is N[C@@H](CCS)C(=O)N[C@@H](CS)C(=O)O. The van der Waals surface area contributed by atoms with Gasteiger partial charge in [0.1, 0.15) is 6.04 Å². The molecule has 14 heavy (non-hydrogen) atoms. The molecule has 0 radical (unpaired) electrons. The van der Waals surface area contributed by atoms with Gasteiger partial charge in [-0.25, -0.2) is 4.79 Å². The third kappa shape index (κ3) is 4.73. The molecule has 7 heteroatoms. The van der Waals surface area contributed by atoms with Crippen LogP contribution in [0.25, 0.3) is 0 Å². The van der Waals surface area contributed by atoms with Crippen molar-refractivity contribution >= 4 is 37.1 Å². The molecule has 0 spiro atoms. The van der Waals surface area contributed by atoms with Crippen LogP contribution >= 0.6 is 25.3 Å². The van der Waals surface area contributed by atoms with Crippen molar-refractivity contribution in [3.8, 4) is 0 Å². The molecule has 0 aromatic heterocycles. The van der Waals surface area contributed by atoms with Crippen LogP contribution in [-0.2, 0) is 9.59 Å². The van der Waals surface area contributed by atoms with Crippen LogP contribution in [0.2, 0.25) is 0 Å². The lowest BCUT2D eigenvalue weighted by atomic mass is 10.2. The van der Waals surface area contributed by atoms with E-state index in [9.17, 15) is 9.59 Å². The van der Waals surface area contributed by atoms with Crippen LogP contribution in [-0.4, -0.2) is 40.6 Å². The first-order chi connectivity index (χ1) is 6.52. The Hall–Kier alpha value is -0.400. The van der Waals surface area contributed by atoms with Crippen LogP contribution in [0.5, 0.6) is 0 Å². The first-order valence-corrected chi connectivity index (χ1v) is 5.30. The maximum absolute atomic E-state index is 11.2. The van der Waals surface area contributed by atoms with Gasteiger partial charge in [0.2, 0.25) is 5.91 Å². The Bertz CT molecular complexity index is 213. The van der Waals surface area contributed by atoms with E-state index in [2.05, 4.69) is 30.6 Å². The van der Waals surface area contributed by atoms with E-state index in [1.54, 1.807) is 0 Å². The molecule has 0 saturated heterocycles. The minimum atomic E-state index is -1.12. The average molecular weight is 238 g/mol. The number of hydrogen-bond acceptors (Lipinski definition) is 5. The van der Waals surface area contributed by atoms with E-state index in [0.717, 1.165) is 0 Å². The van der Waals surface area contributed by atoms with E-state index >= 15 is 0 Å². The molecule has 0 bridgehead atoms. The Morgan fingerprint density at radius 2 is 2.00 bits per heavy atom. The van der Waals surface area contributed by atoms with Crippen molar-refractivity contribution in [2.75, 3.05) is 11.5 Å². The highest BCUT2D eigenvalue weighted by atomic mass is 32.1. The van der Waals surface area contributed by atoms with Gasteiger partial charge >= 0.3 is 5.97 Å². The molecule has 0 aliphatic rings. The number of carboxylic acids is 1. The molecule has 0 aliphatic heterocycles. The monoisotopic (exact) mass is 238 g/mol. The van der Waals surface area contributed by atoms with Gasteiger partial charge in [-0.1, -0.05) is 0 Å². The quantitative estimate of drug-likeness (QED) is 0.389. The second-order valence-corrected chi connectivity index (χ2v) is 3.51. The fourth-order valence-electron chi connectivity index (χ4n) is 0.734. The number of thiol groups is 2. The number of nitrogens with two attached hydrogens (primary N) is 1. The minimum absolute atomic E-state index is 0.0364. The molecular weight excluding hydrogens is 224 g/mol. The molecule has 0 fully saturated rings. The van der Waals surface area contributed by atoms with Crippen LogP contribution in [0, 0.1) is 0 Å². The summed E-state index contributed by atoms with van der Waals surface area (Å²) in [7, 11) is 0. The second kappa shape index (κ2) is 6.97. The zero-order valence-electron chi connectivity index (χ0n) is 7.51. The summed E-state index contributed by atoms with van der Waals surface area (Å²) >= 11 is 7.72. The summed E-state index contributed by atoms with van der Waals surface area (Å²) in [6.45, 7) is 0. The number of hydrogen-bond donors (Lipinski definition) is 5. The average Bonchev–Trinajstić information content (AvgIpc) is 2.13. The van der Waals surface area contributed by atoms with E-state index in [-0.39, 0.29) is 5.75 Å². The Labute approximate surface area is 93.2 Å². The van der Waals surface area contributed by atoms with Gasteiger partial charge in [0.15, 0.2) is 0 Å². The standard InChI is InChI=1S/C7H14N2O3S2/c8-4(1-2-13)6(10)9-5(3-14)7(11)12/h4-5,13-14H,1-3,8H2,(H,9,10)(H,11,12)/t4-,5-/m0/s1. The summed E-state index contributed by atoms with van der Waals surface area (Å²) in [5.74, 6) is -1.09. The van der Waals surface area contributed by atoms with Crippen LogP contribution in [0.4, 0.5) is 0 Å². The van der Waals surface area contributed by atoms with Gasteiger partial charge in [-0.15, -0.1) is 0 Å². The molecule has 0 aromatic rings. The third-order valence-corrected chi connectivity index (χ3v) is 2.20. The zero-order chi connectivity index (χ0) is 11.1. The molecular formula is C7H14N2O3S2. The molecule has 4 N–H and O–H groups in total. The summed E-state index contributed by atoms with van der Waals surface area (Å²) in [5.41, 5.74) is 5.45. The van der Waals surface area contributed by atoms with E-state index in [4.69, 9.17) is 10.8 Å². The van der Waals surface area contributed by atoms with Gasteiger partial charge in [0.25, 0.3) is 0 Å². The summed E-state index contributed by atoms with van der Waals surface area (Å²) in [6.07, 6.45) is 0.411. The van der Waals surface area contributed by atoms with Gasteiger partial charge in [0, 0.05) is 5.75 Å². The van der Waals surface area contributed by atoms with E-state index < -0.39 is 24.0 Å². The molecule has 1 amide bonds. The fraction of sp³-hybridized carbons (Fsp3) is 0.714. The third-order valence-electron chi connectivity index (χ3n) is 1.57. The summed E-state index contributed by atoms with van der Waals surface area (Å²) < 4.78 is 0. The van der Waals surface area contributed by atoms with Crippen LogP contribution in [0.3, 0.4) is 0 Å². The van der Waals surface area contributed by atoms with E-state index in [1.165, 1.54) is 0 Å².